The lowest BCUT2D eigenvalue weighted by atomic mass is 10.2. The first-order chi connectivity index (χ1) is 10.5. The number of aromatic nitrogens is 2. The Hall–Kier alpha value is -2.94. The number of nitro groups is 1. The highest BCUT2D eigenvalue weighted by molar-refractivity contribution is 5.84. The van der Waals surface area contributed by atoms with Gasteiger partial charge in [-0.15, -0.1) is 0 Å². The summed E-state index contributed by atoms with van der Waals surface area (Å²) in [5.74, 6) is 0.0797. The van der Waals surface area contributed by atoms with E-state index in [4.69, 9.17) is 9.84 Å². The second kappa shape index (κ2) is 6.68. The molecule has 0 unspecified atom stereocenters. The first kappa shape index (κ1) is 15.4. The van der Waals surface area contributed by atoms with Gasteiger partial charge in [-0.3, -0.25) is 5.32 Å². The summed E-state index contributed by atoms with van der Waals surface area (Å²) in [6.45, 7) is -0.270. The molecule has 0 aliphatic carbocycles. The fraction of sp³-hybridized carbons (Fsp3) is 0.231. The van der Waals surface area contributed by atoms with Gasteiger partial charge in [-0.2, -0.15) is 0 Å². The van der Waals surface area contributed by atoms with E-state index < -0.39 is 11.0 Å². The standard InChI is InChI=1S/C13H14N4O5/c1-16-11(14-6-12(16)17(20)21)8-22-13(19)15-10-4-2-9(7-18)3-5-10/h2-6,18H,7-8H2,1H3,(H,15,19). The molecule has 2 N–H and O–H groups in total. The van der Waals surface area contributed by atoms with E-state index in [0.29, 0.717) is 5.69 Å². The average Bonchev–Trinajstić information content (AvgIpc) is 2.87. The van der Waals surface area contributed by atoms with Crippen LogP contribution in [0.4, 0.5) is 16.3 Å². The van der Waals surface area contributed by atoms with E-state index in [1.807, 2.05) is 0 Å². The quantitative estimate of drug-likeness (QED) is 0.639. The Morgan fingerprint density at radius 1 is 1.45 bits per heavy atom. The van der Waals surface area contributed by atoms with Crippen molar-refractivity contribution in [3.63, 3.8) is 0 Å². The van der Waals surface area contributed by atoms with Crippen molar-refractivity contribution < 1.29 is 19.6 Å². The van der Waals surface area contributed by atoms with Crippen LogP contribution in [0.15, 0.2) is 30.5 Å². The first-order valence-electron chi connectivity index (χ1n) is 6.30. The van der Waals surface area contributed by atoms with Crippen molar-refractivity contribution >= 4 is 17.6 Å². The number of nitrogens with zero attached hydrogens (tertiary/aromatic N) is 3. The fourth-order valence-electron chi connectivity index (χ4n) is 1.72. The third-order valence-electron chi connectivity index (χ3n) is 2.96. The number of amides is 1. The smallest absolute Gasteiger partial charge is 0.412 e. The maximum atomic E-state index is 11.6. The number of aliphatic hydroxyl groups excluding tert-OH is 1. The summed E-state index contributed by atoms with van der Waals surface area (Å²) in [5.41, 5.74) is 1.23. The van der Waals surface area contributed by atoms with E-state index in [-0.39, 0.29) is 24.9 Å². The van der Waals surface area contributed by atoms with Crippen LogP contribution in [0.2, 0.25) is 0 Å². The van der Waals surface area contributed by atoms with E-state index in [2.05, 4.69) is 10.3 Å². The van der Waals surface area contributed by atoms with Gasteiger partial charge in [0.15, 0.2) is 6.61 Å². The SMILES string of the molecule is Cn1c([N+](=O)[O-])cnc1COC(=O)Nc1ccc(CO)cc1. The Bertz CT molecular complexity index is 680. The largest absolute Gasteiger partial charge is 0.439 e. The predicted octanol–water partition coefficient (Wildman–Crippen LogP) is 1.57. The molecule has 0 saturated carbocycles. The molecular formula is C13H14N4O5. The number of rotatable bonds is 5. The molecule has 2 aromatic rings. The van der Waals surface area contributed by atoms with Gasteiger partial charge in [0.1, 0.15) is 6.20 Å². The first-order valence-corrected chi connectivity index (χ1v) is 6.30. The highest BCUT2D eigenvalue weighted by atomic mass is 16.6. The Kier molecular flexibility index (Phi) is 4.69. The second-order valence-corrected chi connectivity index (χ2v) is 4.40. The molecular weight excluding hydrogens is 292 g/mol. The van der Waals surface area contributed by atoms with Gasteiger partial charge in [0.05, 0.1) is 13.7 Å². The Labute approximate surface area is 125 Å². The van der Waals surface area contributed by atoms with Crippen molar-refractivity contribution in [1.82, 2.24) is 9.55 Å². The minimum atomic E-state index is -0.706. The molecule has 9 heteroatoms. The molecule has 0 aliphatic rings. The highest BCUT2D eigenvalue weighted by Crippen LogP contribution is 2.13. The van der Waals surface area contributed by atoms with Crippen molar-refractivity contribution in [3.05, 3.63) is 52.0 Å². The molecule has 116 valence electrons. The minimum Gasteiger partial charge on any atom is -0.439 e. The molecule has 22 heavy (non-hydrogen) atoms. The van der Waals surface area contributed by atoms with Gasteiger partial charge in [0, 0.05) is 5.69 Å². The number of imidazole rings is 1. The molecule has 0 bridgehead atoms. The van der Waals surface area contributed by atoms with Crippen LogP contribution in [0.3, 0.4) is 0 Å². The van der Waals surface area contributed by atoms with E-state index in [1.165, 1.54) is 11.6 Å². The molecule has 1 aromatic heterocycles. The number of hydrogen-bond acceptors (Lipinski definition) is 6. The molecule has 1 heterocycles. The summed E-state index contributed by atoms with van der Waals surface area (Å²) in [5, 5.41) is 22.1. The van der Waals surface area contributed by atoms with E-state index in [9.17, 15) is 14.9 Å². The topological polar surface area (TPSA) is 120 Å². The van der Waals surface area contributed by atoms with Gasteiger partial charge in [0.2, 0.25) is 5.82 Å². The number of carbonyl (C=O) groups is 1. The molecule has 0 saturated heterocycles. The van der Waals surface area contributed by atoms with Gasteiger partial charge in [-0.25, -0.2) is 14.3 Å². The molecule has 0 aliphatic heterocycles. The third kappa shape index (κ3) is 3.58. The number of aliphatic hydroxyl groups is 1. The van der Waals surface area contributed by atoms with Crippen molar-refractivity contribution in [2.75, 3.05) is 5.32 Å². The van der Waals surface area contributed by atoms with Gasteiger partial charge in [-0.1, -0.05) is 12.1 Å². The third-order valence-corrected chi connectivity index (χ3v) is 2.96. The maximum Gasteiger partial charge on any atom is 0.412 e. The lowest BCUT2D eigenvalue weighted by Crippen LogP contribution is -2.15. The Morgan fingerprint density at radius 2 is 2.14 bits per heavy atom. The highest BCUT2D eigenvalue weighted by Gasteiger charge is 2.17. The lowest BCUT2D eigenvalue weighted by Gasteiger charge is -2.06. The van der Waals surface area contributed by atoms with Crippen molar-refractivity contribution in [2.24, 2.45) is 7.05 Å². The van der Waals surface area contributed by atoms with Gasteiger partial charge < -0.3 is 20.0 Å². The predicted molar refractivity (Wildman–Crippen MR) is 76.0 cm³/mol. The zero-order valence-corrected chi connectivity index (χ0v) is 11.7. The summed E-state index contributed by atoms with van der Waals surface area (Å²) in [4.78, 5) is 25.6. The van der Waals surface area contributed by atoms with Crippen molar-refractivity contribution in [3.8, 4) is 0 Å². The van der Waals surface area contributed by atoms with Crippen LogP contribution in [0.5, 0.6) is 0 Å². The van der Waals surface area contributed by atoms with E-state index in [0.717, 1.165) is 11.8 Å². The summed E-state index contributed by atoms with van der Waals surface area (Å²) in [6.07, 6.45) is 0.395. The maximum absolute atomic E-state index is 11.6. The molecule has 0 fully saturated rings. The normalized spacial score (nSPS) is 10.3. The number of nitrogens with one attached hydrogen (secondary N) is 1. The monoisotopic (exact) mass is 306 g/mol. The van der Waals surface area contributed by atoms with Gasteiger partial charge >= 0.3 is 11.9 Å². The number of carbonyl (C=O) groups excluding carboxylic acids is 1. The number of anilines is 1. The molecule has 0 spiro atoms. The summed E-state index contributed by atoms with van der Waals surface area (Å²) in [7, 11) is 1.47. The van der Waals surface area contributed by atoms with Gasteiger partial charge in [0.25, 0.3) is 0 Å². The summed E-state index contributed by atoms with van der Waals surface area (Å²) >= 11 is 0. The van der Waals surface area contributed by atoms with Crippen LogP contribution in [0.25, 0.3) is 0 Å². The van der Waals surface area contributed by atoms with Crippen molar-refractivity contribution in [1.29, 1.82) is 0 Å². The van der Waals surface area contributed by atoms with Crippen LogP contribution in [0, 0.1) is 10.1 Å². The summed E-state index contributed by atoms with van der Waals surface area (Å²) < 4.78 is 6.20. The van der Waals surface area contributed by atoms with Crippen molar-refractivity contribution in [2.45, 2.75) is 13.2 Å². The average molecular weight is 306 g/mol. The van der Waals surface area contributed by atoms with Crippen LogP contribution >= 0.6 is 0 Å². The minimum absolute atomic E-state index is 0.0807. The van der Waals surface area contributed by atoms with Crippen LogP contribution in [-0.4, -0.2) is 25.7 Å². The number of hydrogen-bond donors (Lipinski definition) is 2. The number of ether oxygens (including phenoxy) is 1. The van der Waals surface area contributed by atoms with E-state index in [1.54, 1.807) is 24.3 Å². The summed E-state index contributed by atoms with van der Waals surface area (Å²) in [6, 6.07) is 6.58. The lowest BCUT2D eigenvalue weighted by molar-refractivity contribution is -0.391. The molecule has 0 radical (unpaired) electrons. The zero-order chi connectivity index (χ0) is 16.1. The molecule has 0 atom stereocenters. The van der Waals surface area contributed by atoms with Crippen LogP contribution < -0.4 is 5.32 Å². The molecule has 1 amide bonds. The number of benzene rings is 1. The Morgan fingerprint density at radius 3 is 2.68 bits per heavy atom. The van der Waals surface area contributed by atoms with Crippen LogP contribution in [0.1, 0.15) is 11.4 Å². The molecule has 9 nitrogen and oxygen atoms in total. The van der Waals surface area contributed by atoms with Gasteiger partial charge in [-0.05, 0) is 22.6 Å². The fourth-order valence-corrected chi connectivity index (χ4v) is 1.72. The second-order valence-electron chi connectivity index (χ2n) is 4.40. The van der Waals surface area contributed by atoms with E-state index >= 15 is 0 Å². The zero-order valence-electron chi connectivity index (χ0n) is 11.7. The molecule has 1 aromatic carbocycles. The Balaban J connectivity index is 1.91. The molecule has 2 rings (SSSR count). The van der Waals surface area contributed by atoms with Crippen LogP contribution in [-0.2, 0) is 25.0 Å².